The highest BCUT2D eigenvalue weighted by molar-refractivity contribution is 5.62. The first kappa shape index (κ1) is 17.8. The molecule has 2 aliphatic carbocycles. The Labute approximate surface area is 168 Å². The van der Waals surface area contributed by atoms with Crippen LogP contribution in [0.3, 0.4) is 0 Å². The third kappa shape index (κ3) is 3.04. The van der Waals surface area contributed by atoms with Crippen molar-refractivity contribution in [1.29, 1.82) is 0 Å². The first-order valence-corrected chi connectivity index (χ1v) is 10.5. The van der Waals surface area contributed by atoms with Gasteiger partial charge in [0.05, 0.1) is 30.5 Å². The van der Waals surface area contributed by atoms with Gasteiger partial charge in [-0.1, -0.05) is 0 Å². The number of nitrogens with two attached hydrogens (primary N) is 1. The molecule has 6 rings (SSSR count). The molecule has 0 aromatic carbocycles. The summed E-state index contributed by atoms with van der Waals surface area (Å²) in [5.74, 6) is 2.48. The number of pyridine rings is 1. The Morgan fingerprint density at radius 2 is 1.93 bits per heavy atom. The van der Waals surface area contributed by atoms with Gasteiger partial charge in [-0.2, -0.15) is 5.10 Å². The van der Waals surface area contributed by atoms with Crippen molar-refractivity contribution in [1.82, 2.24) is 19.7 Å². The van der Waals surface area contributed by atoms with E-state index in [0.29, 0.717) is 35.3 Å². The van der Waals surface area contributed by atoms with E-state index in [1.807, 2.05) is 0 Å². The van der Waals surface area contributed by atoms with E-state index in [1.165, 1.54) is 24.6 Å². The number of likely N-dealkylation sites (tertiary alicyclic amines) is 1. The van der Waals surface area contributed by atoms with Gasteiger partial charge in [0.2, 0.25) is 0 Å². The summed E-state index contributed by atoms with van der Waals surface area (Å²) in [5, 5.41) is 4.82. The molecule has 2 aromatic rings. The molecule has 2 saturated heterocycles. The van der Waals surface area contributed by atoms with Crippen molar-refractivity contribution in [3.8, 4) is 11.3 Å². The first-order chi connectivity index (χ1) is 14.1. The summed E-state index contributed by atoms with van der Waals surface area (Å²) >= 11 is 0. The van der Waals surface area contributed by atoms with Crippen LogP contribution in [-0.4, -0.2) is 52.0 Å². The number of hydrogen-bond acceptors (Lipinski definition) is 5. The second-order valence-corrected chi connectivity index (χ2v) is 9.08. The molecule has 0 spiro atoms. The molecule has 2 aromatic heterocycles. The van der Waals surface area contributed by atoms with E-state index in [4.69, 9.17) is 15.6 Å². The van der Waals surface area contributed by atoms with Crippen LogP contribution < -0.4 is 5.73 Å². The highest BCUT2D eigenvalue weighted by Gasteiger charge is 2.58. The number of hydrogen-bond donors (Lipinski definition) is 1. The molecule has 4 fully saturated rings. The van der Waals surface area contributed by atoms with Crippen molar-refractivity contribution < 1.29 is 13.5 Å². The smallest absolute Gasteiger partial charge is 0.267 e. The molecule has 6 nitrogen and oxygen atoms in total. The van der Waals surface area contributed by atoms with Crippen molar-refractivity contribution in [3.63, 3.8) is 0 Å². The van der Waals surface area contributed by atoms with E-state index in [-0.39, 0.29) is 11.4 Å². The molecule has 0 bridgehead atoms. The number of aromatic nitrogens is 3. The van der Waals surface area contributed by atoms with Crippen LogP contribution in [-0.2, 0) is 11.3 Å². The number of nitrogens with zero attached hydrogens (tertiary/aromatic N) is 4. The topological polar surface area (TPSA) is 69.2 Å². The third-order valence-electron chi connectivity index (χ3n) is 7.12. The fourth-order valence-corrected chi connectivity index (χ4v) is 5.07. The van der Waals surface area contributed by atoms with E-state index in [1.54, 1.807) is 6.20 Å². The van der Waals surface area contributed by atoms with Crippen LogP contribution in [0.15, 0.2) is 18.3 Å². The van der Waals surface area contributed by atoms with Crippen molar-refractivity contribution >= 4 is 5.82 Å². The Morgan fingerprint density at radius 3 is 2.55 bits per heavy atom. The largest absolute Gasteiger partial charge is 0.383 e. The molecular weight excluding hydrogens is 376 g/mol. The van der Waals surface area contributed by atoms with Gasteiger partial charge in [-0.15, -0.1) is 0 Å². The standard InChI is InChI=1S/C21H25F2N5O/c22-20(23)14-3-12(5-25-21(14)24)17-4-18(28(26-17)6-11-1-2-11)19-15-7-27(8-16(15)19)13-9-29-10-13/h3-5,11,13,15-16,19-20H,1-2,6-10H2,(H2,24,25)/t15-,16?,19?/m0/s1. The molecule has 0 radical (unpaired) electrons. The van der Waals surface area contributed by atoms with Gasteiger partial charge in [-0.05, 0) is 42.7 Å². The lowest BCUT2D eigenvalue weighted by atomic mass is 10.1. The quantitative estimate of drug-likeness (QED) is 0.806. The lowest BCUT2D eigenvalue weighted by Gasteiger charge is -2.35. The van der Waals surface area contributed by atoms with Gasteiger partial charge in [0.1, 0.15) is 5.82 Å². The van der Waals surface area contributed by atoms with Crippen LogP contribution >= 0.6 is 0 Å². The molecule has 4 heterocycles. The number of rotatable bonds is 6. The number of fused-ring (bicyclic) bond motifs is 1. The zero-order valence-corrected chi connectivity index (χ0v) is 16.2. The molecule has 2 N–H and O–H groups in total. The molecule has 3 atom stereocenters. The van der Waals surface area contributed by atoms with Crippen LogP contribution in [0.1, 0.15) is 36.4 Å². The molecular formula is C21H25F2N5O. The lowest BCUT2D eigenvalue weighted by Crippen LogP contribution is -2.48. The van der Waals surface area contributed by atoms with Gasteiger partial charge in [-0.25, -0.2) is 13.8 Å². The summed E-state index contributed by atoms with van der Waals surface area (Å²) in [4.78, 5) is 6.55. The second-order valence-electron chi connectivity index (χ2n) is 9.08. The Kier molecular flexibility index (Phi) is 3.96. The van der Waals surface area contributed by atoms with Gasteiger partial charge in [-0.3, -0.25) is 9.58 Å². The predicted molar refractivity (Wildman–Crippen MR) is 103 cm³/mol. The summed E-state index contributed by atoms with van der Waals surface area (Å²) in [7, 11) is 0. The van der Waals surface area contributed by atoms with Crippen LogP contribution in [0, 0.1) is 17.8 Å². The zero-order valence-electron chi connectivity index (χ0n) is 16.2. The van der Waals surface area contributed by atoms with Crippen LogP contribution in [0.25, 0.3) is 11.3 Å². The van der Waals surface area contributed by atoms with Crippen molar-refractivity contribution in [2.45, 2.75) is 37.8 Å². The Bertz CT molecular complexity index is 927. The average Bonchev–Trinajstić information content (AvgIpc) is 3.49. The Morgan fingerprint density at radius 1 is 1.17 bits per heavy atom. The summed E-state index contributed by atoms with van der Waals surface area (Å²) in [5.41, 5.74) is 8.01. The fraction of sp³-hybridized carbons (Fsp3) is 0.619. The van der Waals surface area contributed by atoms with Gasteiger partial charge in [0.15, 0.2) is 0 Å². The lowest BCUT2D eigenvalue weighted by molar-refractivity contribution is -0.0610. The fourth-order valence-electron chi connectivity index (χ4n) is 5.07. The number of halogens is 2. The van der Waals surface area contributed by atoms with E-state index < -0.39 is 6.43 Å². The molecule has 8 heteroatoms. The van der Waals surface area contributed by atoms with E-state index in [2.05, 4.69) is 20.6 Å². The summed E-state index contributed by atoms with van der Waals surface area (Å²) in [6, 6.07) is 4.14. The molecule has 2 unspecified atom stereocenters. The Hall–Kier alpha value is -2.06. The minimum absolute atomic E-state index is 0.113. The van der Waals surface area contributed by atoms with E-state index >= 15 is 0 Å². The number of ether oxygens (including phenoxy) is 1. The van der Waals surface area contributed by atoms with Crippen molar-refractivity contribution in [2.75, 3.05) is 32.0 Å². The molecule has 0 amide bonds. The highest BCUT2D eigenvalue weighted by atomic mass is 19.3. The number of alkyl halides is 2. The van der Waals surface area contributed by atoms with Crippen molar-refractivity contribution in [2.24, 2.45) is 17.8 Å². The normalized spacial score (nSPS) is 29.3. The molecule has 29 heavy (non-hydrogen) atoms. The van der Waals surface area contributed by atoms with Gasteiger partial charge >= 0.3 is 0 Å². The third-order valence-corrected chi connectivity index (χ3v) is 7.12. The zero-order chi connectivity index (χ0) is 19.7. The molecule has 4 aliphatic rings. The van der Waals surface area contributed by atoms with Crippen LogP contribution in [0.2, 0.25) is 0 Å². The summed E-state index contributed by atoms with van der Waals surface area (Å²) in [6.07, 6.45) is 1.42. The molecule has 2 aliphatic heterocycles. The number of nitrogen functional groups attached to an aromatic ring is 1. The summed E-state index contributed by atoms with van der Waals surface area (Å²) < 4.78 is 34.0. The second kappa shape index (κ2) is 6.47. The maximum atomic E-state index is 13.3. The van der Waals surface area contributed by atoms with Gasteiger partial charge < -0.3 is 10.5 Å². The average molecular weight is 401 g/mol. The van der Waals surface area contributed by atoms with E-state index in [0.717, 1.165) is 38.5 Å². The predicted octanol–water partition coefficient (Wildman–Crippen LogP) is 2.92. The first-order valence-electron chi connectivity index (χ1n) is 10.5. The van der Waals surface area contributed by atoms with Crippen LogP contribution in [0.5, 0.6) is 0 Å². The van der Waals surface area contributed by atoms with Gasteiger partial charge in [0, 0.05) is 43.0 Å². The van der Waals surface area contributed by atoms with Gasteiger partial charge in [0.25, 0.3) is 6.43 Å². The van der Waals surface area contributed by atoms with E-state index in [9.17, 15) is 8.78 Å². The van der Waals surface area contributed by atoms with Crippen molar-refractivity contribution in [3.05, 3.63) is 29.6 Å². The maximum Gasteiger partial charge on any atom is 0.267 e. The monoisotopic (exact) mass is 401 g/mol. The number of piperidine rings is 1. The maximum absolute atomic E-state index is 13.3. The Balaban J connectivity index is 1.28. The highest BCUT2D eigenvalue weighted by Crippen LogP contribution is 2.59. The molecule has 2 saturated carbocycles. The number of anilines is 1. The minimum Gasteiger partial charge on any atom is -0.383 e. The SMILES string of the molecule is Nc1ncc(-c2cc(C3C4CN(C5COC5)C[C@@H]43)n(CC3CC3)n2)cc1C(F)F. The molecule has 154 valence electrons. The minimum atomic E-state index is -2.64. The summed E-state index contributed by atoms with van der Waals surface area (Å²) in [6.45, 7) is 4.92. The van der Waals surface area contributed by atoms with Crippen LogP contribution in [0.4, 0.5) is 14.6 Å².